The van der Waals surface area contributed by atoms with Crippen LogP contribution < -0.4 is 15.3 Å². The van der Waals surface area contributed by atoms with Gasteiger partial charge in [-0.3, -0.25) is 4.79 Å². The molecule has 1 aromatic heterocycles. The fraction of sp³-hybridized carbons (Fsp3) is 0.111. The molecule has 0 N–H and O–H groups in total. The molecule has 2 aromatic carbocycles. The van der Waals surface area contributed by atoms with Crippen LogP contribution >= 0.6 is 23.2 Å². The first-order chi connectivity index (χ1) is 11.9. The van der Waals surface area contributed by atoms with Crippen LogP contribution in [0.1, 0.15) is 6.92 Å². The molecule has 5 nitrogen and oxygen atoms in total. The number of fused-ring (bicyclic) bond motifs is 1. The molecule has 0 fully saturated rings. The Bertz CT molecular complexity index is 1010. The molecule has 1 atom stereocenters. The number of benzene rings is 2. The van der Waals surface area contributed by atoms with Crippen LogP contribution in [0.4, 0.5) is 0 Å². The fourth-order valence-electron chi connectivity index (χ4n) is 2.27. The summed E-state index contributed by atoms with van der Waals surface area (Å²) in [5.74, 6) is -1.58. The average Bonchev–Trinajstić information content (AvgIpc) is 2.58. The van der Waals surface area contributed by atoms with Gasteiger partial charge >= 0.3 is 0 Å². The molecule has 0 saturated heterocycles. The molecule has 1 heterocycles. The minimum atomic E-state index is -1.45. The van der Waals surface area contributed by atoms with Crippen molar-refractivity contribution < 1.29 is 19.1 Å². The van der Waals surface area contributed by atoms with E-state index in [1.807, 2.05) is 0 Å². The topological polar surface area (TPSA) is 79.6 Å². The summed E-state index contributed by atoms with van der Waals surface area (Å²) in [4.78, 5) is 23.8. The van der Waals surface area contributed by atoms with Crippen LogP contribution in [0.15, 0.2) is 51.7 Å². The van der Waals surface area contributed by atoms with E-state index >= 15 is 0 Å². The van der Waals surface area contributed by atoms with Gasteiger partial charge in [0.05, 0.1) is 11.4 Å². The quantitative estimate of drug-likeness (QED) is 0.696. The van der Waals surface area contributed by atoms with Crippen molar-refractivity contribution in [2.24, 2.45) is 0 Å². The van der Waals surface area contributed by atoms with E-state index in [9.17, 15) is 14.7 Å². The van der Waals surface area contributed by atoms with Crippen LogP contribution in [0.2, 0.25) is 10.0 Å². The molecule has 0 unspecified atom stereocenters. The van der Waals surface area contributed by atoms with Gasteiger partial charge in [0.15, 0.2) is 5.76 Å². The van der Waals surface area contributed by atoms with E-state index in [-0.39, 0.29) is 16.9 Å². The predicted octanol–water partition coefficient (Wildman–Crippen LogP) is 3.28. The van der Waals surface area contributed by atoms with Crippen LogP contribution in [0, 0.1) is 0 Å². The number of carbonyl (C=O) groups excluding carboxylic acids is 1. The van der Waals surface area contributed by atoms with E-state index in [1.54, 1.807) is 36.4 Å². The molecule has 0 saturated carbocycles. The lowest BCUT2D eigenvalue weighted by molar-refractivity contribution is -0.312. The van der Waals surface area contributed by atoms with Gasteiger partial charge in [0.2, 0.25) is 11.2 Å². The van der Waals surface area contributed by atoms with Gasteiger partial charge in [0.1, 0.15) is 11.7 Å². The highest BCUT2D eigenvalue weighted by Crippen LogP contribution is 2.32. The third-order valence-corrected chi connectivity index (χ3v) is 4.03. The number of halogens is 2. The molecule has 128 valence electrons. The summed E-state index contributed by atoms with van der Waals surface area (Å²) in [6.45, 7) is 1.27. The maximum atomic E-state index is 12.8. The number of aliphatic carboxylic acids is 1. The lowest BCUT2D eigenvalue weighted by Gasteiger charge is -2.17. The number of hydrogen-bond acceptors (Lipinski definition) is 5. The van der Waals surface area contributed by atoms with Gasteiger partial charge in [0, 0.05) is 15.6 Å². The standard InChI is InChI=1S/C18H12Cl2O5/c1-9(18(22)23)24-17-15(21)13-8-12(20)6-7-14(13)25-16(17)10-2-4-11(19)5-3-10/h2-9H,1H3,(H,22,23)/p-1/t9-/m0/s1. The summed E-state index contributed by atoms with van der Waals surface area (Å²) in [5.41, 5.74) is 0.286. The number of ether oxygens (including phenoxy) is 1. The van der Waals surface area contributed by atoms with Crippen molar-refractivity contribution >= 4 is 40.1 Å². The first-order valence-corrected chi connectivity index (χ1v) is 8.02. The van der Waals surface area contributed by atoms with Gasteiger partial charge in [-0.2, -0.15) is 0 Å². The van der Waals surface area contributed by atoms with Crippen LogP contribution in [-0.2, 0) is 4.79 Å². The van der Waals surface area contributed by atoms with Gasteiger partial charge in [-0.1, -0.05) is 23.2 Å². The number of carbonyl (C=O) groups is 1. The summed E-state index contributed by atoms with van der Waals surface area (Å²) < 4.78 is 11.1. The SMILES string of the molecule is C[C@H](Oc1c(-c2ccc(Cl)cc2)oc2ccc(Cl)cc2c1=O)C(=O)[O-]. The minimum Gasteiger partial charge on any atom is -0.546 e. The summed E-state index contributed by atoms with van der Waals surface area (Å²) >= 11 is 11.8. The van der Waals surface area contributed by atoms with Crippen molar-refractivity contribution in [1.82, 2.24) is 0 Å². The summed E-state index contributed by atoms with van der Waals surface area (Å²) in [6.07, 6.45) is -1.34. The van der Waals surface area contributed by atoms with Crippen LogP contribution in [0.5, 0.6) is 5.75 Å². The second-order valence-electron chi connectivity index (χ2n) is 5.32. The molecule has 0 aliphatic heterocycles. The van der Waals surface area contributed by atoms with Gasteiger partial charge < -0.3 is 19.1 Å². The van der Waals surface area contributed by atoms with E-state index < -0.39 is 17.5 Å². The highest BCUT2D eigenvalue weighted by Gasteiger charge is 2.20. The highest BCUT2D eigenvalue weighted by molar-refractivity contribution is 6.31. The Balaban J connectivity index is 2.29. The zero-order valence-electron chi connectivity index (χ0n) is 12.9. The molecular formula is C18H11Cl2O5-. The van der Waals surface area contributed by atoms with Crippen molar-refractivity contribution in [3.63, 3.8) is 0 Å². The predicted molar refractivity (Wildman–Crippen MR) is 93.0 cm³/mol. The Hall–Kier alpha value is -2.50. The minimum absolute atomic E-state index is 0.101. The van der Waals surface area contributed by atoms with Crippen molar-refractivity contribution in [3.05, 3.63) is 62.7 Å². The van der Waals surface area contributed by atoms with Crippen molar-refractivity contribution in [1.29, 1.82) is 0 Å². The fourth-order valence-corrected chi connectivity index (χ4v) is 2.57. The van der Waals surface area contributed by atoms with E-state index in [2.05, 4.69) is 0 Å². The van der Waals surface area contributed by atoms with Crippen LogP contribution in [-0.4, -0.2) is 12.1 Å². The maximum absolute atomic E-state index is 12.8. The van der Waals surface area contributed by atoms with E-state index in [1.165, 1.54) is 13.0 Å². The van der Waals surface area contributed by atoms with E-state index in [0.717, 1.165) is 0 Å². The number of rotatable bonds is 4. The Labute approximate surface area is 152 Å². The highest BCUT2D eigenvalue weighted by atomic mass is 35.5. The smallest absolute Gasteiger partial charge is 0.235 e. The van der Waals surface area contributed by atoms with Crippen molar-refractivity contribution in [2.75, 3.05) is 0 Å². The Kier molecular flexibility index (Phi) is 4.70. The summed E-state index contributed by atoms with van der Waals surface area (Å²) in [6, 6.07) is 11.1. The zero-order valence-corrected chi connectivity index (χ0v) is 14.4. The lowest BCUT2D eigenvalue weighted by atomic mass is 10.1. The molecule has 0 amide bonds. The molecule has 25 heavy (non-hydrogen) atoms. The van der Waals surface area contributed by atoms with Crippen LogP contribution in [0.25, 0.3) is 22.3 Å². The molecule has 7 heteroatoms. The molecule has 3 aromatic rings. The molecule has 0 radical (unpaired) electrons. The van der Waals surface area contributed by atoms with Gasteiger partial charge in [-0.05, 0) is 49.4 Å². The van der Waals surface area contributed by atoms with E-state index in [4.69, 9.17) is 32.4 Å². The van der Waals surface area contributed by atoms with Crippen molar-refractivity contribution in [2.45, 2.75) is 13.0 Å². The largest absolute Gasteiger partial charge is 0.546 e. The Morgan fingerprint density at radius 2 is 1.76 bits per heavy atom. The van der Waals surface area contributed by atoms with Crippen molar-refractivity contribution in [3.8, 4) is 17.1 Å². The second-order valence-corrected chi connectivity index (χ2v) is 6.19. The maximum Gasteiger partial charge on any atom is 0.235 e. The normalized spacial score (nSPS) is 12.1. The van der Waals surface area contributed by atoms with Gasteiger partial charge in [-0.25, -0.2) is 0 Å². The second kappa shape index (κ2) is 6.78. The lowest BCUT2D eigenvalue weighted by Crippen LogP contribution is -2.38. The Morgan fingerprint density at radius 1 is 1.12 bits per heavy atom. The monoisotopic (exact) mass is 377 g/mol. The van der Waals surface area contributed by atoms with Gasteiger partial charge in [0.25, 0.3) is 0 Å². The van der Waals surface area contributed by atoms with Crippen LogP contribution in [0.3, 0.4) is 0 Å². The van der Waals surface area contributed by atoms with E-state index in [0.29, 0.717) is 21.2 Å². The third kappa shape index (κ3) is 3.48. The molecule has 0 spiro atoms. The molecular weight excluding hydrogens is 367 g/mol. The summed E-state index contributed by atoms with van der Waals surface area (Å²) in [5, 5.41) is 12.1. The Morgan fingerprint density at radius 3 is 2.40 bits per heavy atom. The number of carboxylic acids is 1. The molecule has 0 bridgehead atoms. The van der Waals surface area contributed by atoms with Gasteiger partial charge in [-0.15, -0.1) is 0 Å². The molecule has 0 aliphatic carbocycles. The number of hydrogen-bond donors (Lipinski definition) is 0. The first-order valence-electron chi connectivity index (χ1n) is 7.26. The number of carboxylic acid groups (broad SMARTS) is 1. The first kappa shape index (κ1) is 17.3. The zero-order chi connectivity index (χ0) is 18.1. The third-order valence-electron chi connectivity index (χ3n) is 3.54. The summed E-state index contributed by atoms with van der Waals surface area (Å²) in [7, 11) is 0. The average molecular weight is 378 g/mol. The molecule has 3 rings (SSSR count). The molecule has 0 aliphatic rings.